The van der Waals surface area contributed by atoms with E-state index in [-0.39, 0.29) is 6.10 Å². The minimum atomic E-state index is -0.242. The fourth-order valence-electron chi connectivity index (χ4n) is 1.44. The van der Waals surface area contributed by atoms with Crippen LogP contribution in [-0.4, -0.2) is 49.3 Å². The molecule has 3 heteroatoms. The van der Waals surface area contributed by atoms with Gasteiger partial charge in [0.2, 0.25) is 0 Å². The molecule has 0 bridgehead atoms. The second-order valence-corrected chi connectivity index (χ2v) is 4.80. The van der Waals surface area contributed by atoms with Gasteiger partial charge in [0.1, 0.15) is 0 Å². The predicted octanol–water partition coefficient (Wildman–Crippen LogP) is 1.32. The number of nitrogens with zero attached hydrogens (tertiary/aromatic N) is 1. The summed E-state index contributed by atoms with van der Waals surface area (Å²) in [6.45, 7) is 10.1. The van der Waals surface area contributed by atoms with Crippen molar-refractivity contribution >= 4 is 0 Å². The molecule has 0 aliphatic rings. The summed E-state index contributed by atoms with van der Waals surface area (Å²) in [4.78, 5) is 2.21. The Labute approximate surface area is 94.9 Å². The predicted molar refractivity (Wildman–Crippen MR) is 66.1 cm³/mol. The summed E-state index contributed by atoms with van der Waals surface area (Å²) in [6, 6.07) is 0. The first kappa shape index (κ1) is 14.9. The first-order chi connectivity index (χ1) is 7.06. The second kappa shape index (κ2) is 9.13. The van der Waals surface area contributed by atoms with Crippen LogP contribution in [0, 0.1) is 5.92 Å². The smallest absolute Gasteiger partial charge is 0.0791 e. The molecule has 0 aliphatic carbocycles. The molecule has 0 heterocycles. The van der Waals surface area contributed by atoms with Gasteiger partial charge in [0.05, 0.1) is 6.10 Å². The summed E-state index contributed by atoms with van der Waals surface area (Å²) < 4.78 is 0. The normalized spacial score (nSPS) is 13.8. The van der Waals surface area contributed by atoms with Crippen molar-refractivity contribution in [2.24, 2.45) is 5.92 Å². The van der Waals surface area contributed by atoms with Gasteiger partial charge in [-0.05, 0) is 38.9 Å². The Hall–Kier alpha value is -0.120. The third kappa shape index (κ3) is 10.2. The van der Waals surface area contributed by atoms with Crippen LogP contribution < -0.4 is 5.32 Å². The molecule has 0 radical (unpaired) electrons. The second-order valence-electron chi connectivity index (χ2n) is 4.80. The SMILES string of the molecule is CCCNCC(O)CN(C)CCC(C)C. The fourth-order valence-corrected chi connectivity index (χ4v) is 1.44. The van der Waals surface area contributed by atoms with Crippen LogP contribution in [0.3, 0.4) is 0 Å². The van der Waals surface area contributed by atoms with Crippen molar-refractivity contribution < 1.29 is 5.11 Å². The van der Waals surface area contributed by atoms with E-state index in [1.54, 1.807) is 0 Å². The van der Waals surface area contributed by atoms with Crippen molar-refractivity contribution in [3.05, 3.63) is 0 Å². The van der Waals surface area contributed by atoms with E-state index in [4.69, 9.17) is 0 Å². The lowest BCUT2D eigenvalue weighted by molar-refractivity contribution is 0.122. The standard InChI is InChI=1S/C12H28N2O/c1-5-7-13-9-12(15)10-14(4)8-6-11(2)3/h11-13,15H,5-10H2,1-4H3. The lowest BCUT2D eigenvalue weighted by Crippen LogP contribution is -2.37. The lowest BCUT2D eigenvalue weighted by atomic mass is 10.1. The van der Waals surface area contributed by atoms with E-state index < -0.39 is 0 Å². The Bertz CT molecular complexity index is 140. The number of hydrogen-bond acceptors (Lipinski definition) is 3. The number of rotatable bonds is 9. The molecule has 0 aromatic carbocycles. The third-order valence-corrected chi connectivity index (χ3v) is 2.42. The summed E-state index contributed by atoms with van der Waals surface area (Å²) in [7, 11) is 2.07. The number of hydrogen-bond donors (Lipinski definition) is 2. The van der Waals surface area contributed by atoms with Crippen LogP contribution in [0.25, 0.3) is 0 Å². The Kier molecular flexibility index (Phi) is 9.06. The molecule has 0 aromatic heterocycles. The average Bonchev–Trinajstić information content (AvgIpc) is 2.15. The van der Waals surface area contributed by atoms with Gasteiger partial charge in [-0.2, -0.15) is 0 Å². The van der Waals surface area contributed by atoms with Gasteiger partial charge < -0.3 is 15.3 Å². The van der Waals surface area contributed by atoms with E-state index in [1.807, 2.05) is 0 Å². The van der Waals surface area contributed by atoms with Crippen LogP contribution in [0.4, 0.5) is 0 Å². The van der Waals surface area contributed by atoms with Crippen molar-refractivity contribution in [2.75, 3.05) is 33.2 Å². The number of aliphatic hydroxyl groups is 1. The zero-order chi connectivity index (χ0) is 11.7. The van der Waals surface area contributed by atoms with Gasteiger partial charge in [-0.25, -0.2) is 0 Å². The summed E-state index contributed by atoms with van der Waals surface area (Å²) >= 11 is 0. The van der Waals surface area contributed by atoms with Gasteiger partial charge in [0, 0.05) is 13.1 Å². The van der Waals surface area contributed by atoms with Gasteiger partial charge in [0.25, 0.3) is 0 Å². The highest BCUT2D eigenvalue weighted by atomic mass is 16.3. The van der Waals surface area contributed by atoms with Gasteiger partial charge in [-0.15, -0.1) is 0 Å². The minimum absolute atomic E-state index is 0.242. The first-order valence-electron chi connectivity index (χ1n) is 6.13. The monoisotopic (exact) mass is 216 g/mol. The van der Waals surface area contributed by atoms with Crippen LogP contribution in [0.2, 0.25) is 0 Å². The van der Waals surface area contributed by atoms with Gasteiger partial charge >= 0.3 is 0 Å². The first-order valence-corrected chi connectivity index (χ1v) is 6.13. The molecule has 3 nitrogen and oxygen atoms in total. The molecule has 0 spiro atoms. The van der Waals surface area contributed by atoms with Crippen molar-refractivity contribution in [3.8, 4) is 0 Å². The number of aliphatic hydroxyl groups excluding tert-OH is 1. The topological polar surface area (TPSA) is 35.5 Å². The molecular formula is C12H28N2O. The van der Waals surface area contributed by atoms with E-state index in [2.05, 4.69) is 38.0 Å². The van der Waals surface area contributed by atoms with Crippen molar-refractivity contribution in [2.45, 2.75) is 39.7 Å². The maximum absolute atomic E-state index is 9.71. The van der Waals surface area contributed by atoms with Gasteiger partial charge in [-0.1, -0.05) is 20.8 Å². The van der Waals surface area contributed by atoms with Crippen molar-refractivity contribution in [3.63, 3.8) is 0 Å². The zero-order valence-corrected chi connectivity index (χ0v) is 10.8. The van der Waals surface area contributed by atoms with E-state index in [0.717, 1.165) is 32.0 Å². The molecule has 0 saturated carbocycles. The third-order valence-electron chi connectivity index (χ3n) is 2.42. The molecule has 0 amide bonds. The summed E-state index contributed by atoms with van der Waals surface area (Å²) in [5.41, 5.74) is 0. The van der Waals surface area contributed by atoms with Gasteiger partial charge in [-0.3, -0.25) is 0 Å². The molecule has 0 saturated heterocycles. The van der Waals surface area contributed by atoms with E-state index in [1.165, 1.54) is 6.42 Å². The van der Waals surface area contributed by atoms with Crippen molar-refractivity contribution in [1.82, 2.24) is 10.2 Å². The van der Waals surface area contributed by atoms with Gasteiger partial charge in [0.15, 0.2) is 0 Å². The maximum atomic E-state index is 9.71. The van der Waals surface area contributed by atoms with Crippen LogP contribution in [0.5, 0.6) is 0 Å². The van der Waals surface area contributed by atoms with Crippen LogP contribution in [0.15, 0.2) is 0 Å². The van der Waals surface area contributed by atoms with Crippen LogP contribution in [0.1, 0.15) is 33.6 Å². The van der Waals surface area contributed by atoms with Crippen LogP contribution in [-0.2, 0) is 0 Å². The molecule has 1 unspecified atom stereocenters. The minimum Gasteiger partial charge on any atom is -0.390 e. The molecule has 2 N–H and O–H groups in total. The highest BCUT2D eigenvalue weighted by molar-refractivity contribution is 4.64. The van der Waals surface area contributed by atoms with Crippen LogP contribution >= 0.6 is 0 Å². The molecule has 0 fully saturated rings. The fraction of sp³-hybridized carbons (Fsp3) is 1.00. The van der Waals surface area contributed by atoms with E-state index >= 15 is 0 Å². The Morgan fingerprint density at radius 1 is 1.33 bits per heavy atom. The van der Waals surface area contributed by atoms with E-state index in [9.17, 15) is 5.11 Å². The average molecular weight is 216 g/mol. The molecule has 92 valence electrons. The molecule has 15 heavy (non-hydrogen) atoms. The summed E-state index contributed by atoms with van der Waals surface area (Å²) in [6.07, 6.45) is 2.08. The maximum Gasteiger partial charge on any atom is 0.0791 e. The highest BCUT2D eigenvalue weighted by Gasteiger charge is 2.07. The Morgan fingerprint density at radius 3 is 2.53 bits per heavy atom. The molecular weight excluding hydrogens is 188 g/mol. The van der Waals surface area contributed by atoms with Crippen molar-refractivity contribution in [1.29, 1.82) is 0 Å². The molecule has 0 rings (SSSR count). The summed E-state index contributed by atoms with van der Waals surface area (Å²) in [5, 5.41) is 12.9. The zero-order valence-electron chi connectivity index (χ0n) is 10.8. The largest absolute Gasteiger partial charge is 0.390 e. The Morgan fingerprint density at radius 2 is 2.00 bits per heavy atom. The van der Waals surface area contributed by atoms with E-state index in [0.29, 0.717) is 6.54 Å². The highest BCUT2D eigenvalue weighted by Crippen LogP contribution is 2.00. The lowest BCUT2D eigenvalue weighted by Gasteiger charge is -2.21. The number of nitrogens with one attached hydrogen (secondary N) is 1. The molecule has 0 aliphatic heterocycles. The molecule has 1 atom stereocenters. The Balaban J connectivity index is 3.44. The summed E-state index contributed by atoms with van der Waals surface area (Å²) in [5.74, 6) is 0.739. The number of likely N-dealkylation sites (N-methyl/N-ethyl adjacent to an activating group) is 1. The molecule has 0 aromatic rings. The quantitative estimate of drug-likeness (QED) is 0.571.